The highest BCUT2D eigenvalue weighted by Gasteiger charge is 2.28. The Kier molecular flexibility index (Phi) is 2.65. The van der Waals surface area contributed by atoms with Crippen LogP contribution < -0.4 is 0 Å². The van der Waals surface area contributed by atoms with E-state index in [1.165, 1.54) is 12.8 Å². The van der Waals surface area contributed by atoms with Crippen molar-refractivity contribution in [1.29, 1.82) is 0 Å². The lowest BCUT2D eigenvalue weighted by Gasteiger charge is -2.36. The van der Waals surface area contributed by atoms with Gasteiger partial charge in [0, 0.05) is 0 Å². The molecule has 12 heavy (non-hydrogen) atoms. The molecule has 1 rings (SSSR count). The summed E-state index contributed by atoms with van der Waals surface area (Å²) in [4.78, 5) is 0. The van der Waals surface area contributed by atoms with Crippen molar-refractivity contribution < 1.29 is 0 Å². The molecule has 0 aliphatic heterocycles. The molecule has 1 aliphatic carbocycles. The van der Waals surface area contributed by atoms with Crippen LogP contribution in [0.15, 0.2) is 11.6 Å². The molecule has 0 heteroatoms. The average molecular weight is 166 g/mol. The van der Waals surface area contributed by atoms with Crippen LogP contribution in [0.4, 0.5) is 0 Å². The molecule has 0 fully saturated rings. The molecule has 0 spiro atoms. The van der Waals surface area contributed by atoms with Crippen molar-refractivity contribution in [2.45, 2.75) is 47.5 Å². The van der Waals surface area contributed by atoms with Crippen LogP contribution in [-0.4, -0.2) is 0 Å². The normalized spacial score (nSPS) is 28.8. The fourth-order valence-corrected chi connectivity index (χ4v) is 1.81. The van der Waals surface area contributed by atoms with E-state index in [1.54, 1.807) is 5.57 Å². The van der Waals surface area contributed by atoms with Gasteiger partial charge in [-0.2, -0.15) is 0 Å². The predicted octanol–water partition coefficient (Wildman–Crippen LogP) is 4.02. The number of hydrogen-bond donors (Lipinski definition) is 0. The first kappa shape index (κ1) is 9.83. The van der Waals surface area contributed by atoms with Gasteiger partial charge in [0.2, 0.25) is 0 Å². The summed E-state index contributed by atoms with van der Waals surface area (Å²) in [5, 5.41) is 0. The first-order valence-corrected chi connectivity index (χ1v) is 5.14. The number of allylic oxidation sites excluding steroid dienone is 2. The van der Waals surface area contributed by atoms with Crippen LogP contribution in [0.25, 0.3) is 0 Å². The van der Waals surface area contributed by atoms with Gasteiger partial charge in [-0.05, 0) is 30.1 Å². The molecular weight excluding hydrogens is 144 g/mol. The van der Waals surface area contributed by atoms with E-state index >= 15 is 0 Å². The highest BCUT2D eigenvalue weighted by molar-refractivity contribution is 5.13. The van der Waals surface area contributed by atoms with Crippen molar-refractivity contribution in [3.63, 3.8) is 0 Å². The first-order chi connectivity index (χ1) is 5.43. The zero-order chi connectivity index (χ0) is 9.35. The summed E-state index contributed by atoms with van der Waals surface area (Å²) in [7, 11) is 0. The Balaban J connectivity index is 2.75. The molecule has 1 unspecified atom stereocenters. The number of hydrogen-bond acceptors (Lipinski definition) is 0. The summed E-state index contributed by atoms with van der Waals surface area (Å²) in [6, 6.07) is 0. The summed E-state index contributed by atoms with van der Waals surface area (Å²) in [6.07, 6.45) is 5.17. The quantitative estimate of drug-likeness (QED) is 0.516. The Labute approximate surface area is 77.1 Å². The van der Waals surface area contributed by atoms with Crippen molar-refractivity contribution in [2.75, 3.05) is 0 Å². The lowest BCUT2D eigenvalue weighted by molar-refractivity contribution is 0.235. The van der Waals surface area contributed by atoms with E-state index in [2.05, 4.69) is 40.7 Å². The van der Waals surface area contributed by atoms with Crippen LogP contribution in [0, 0.1) is 17.3 Å². The fraction of sp³-hybridized carbons (Fsp3) is 0.833. The maximum Gasteiger partial charge on any atom is -0.0208 e. The van der Waals surface area contributed by atoms with Crippen molar-refractivity contribution >= 4 is 0 Å². The van der Waals surface area contributed by atoms with Crippen LogP contribution in [0.5, 0.6) is 0 Å². The lowest BCUT2D eigenvalue weighted by Crippen LogP contribution is -2.24. The molecule has 1 atom stereocenters. The fourth-order valence-electron chi connectivity index (χ4n) is 1.81. The Bertz CT molecular complexity index is 184. The standard InChI is InChI=1S/C12H22/c1-9(2)11-6-7-12(4,5)10(3)8-11/h8-10H,6-7H2,1-5H3. The second-order valence-electron chi connectivity index (χ2n) is 5.17. The third kappa shape index (κ3) is 1.91. The molecule has 70 valence electrons. The van der Waals surface area contributed by atoms with E-state index in [0.717, 1.165) is 11.8 Å². The molecule has 0 nitrogen and oxygen atoms in total. The van der Waals surface area contributed by atoms with Crippen molar-refractivity contribution in [2.24, 2.45) is 17.3 Å². The van der Waals surface area contributed by atoms with Crippen LogP contribution in [0.1, 0.15) is 47.5 Å². The van der Waals surface area contributed by atoms with E-state index in [-0.39, 0.29) is 0 Å². The van der Waals surface area contributed by atoms with Gasteiger partial charge in [0.15, 0.2) is 0 Å². The largest absolute Gasteiger partial charge is 0.0817 e. The van der Waals surface area contributed by atoms with E-state index in [0.29, 0.717) is 5.41 Å². The van der Waals surface area contributed by atoms with E-state index in [4.69, 9.17) is 0 Å². The Morgan fingerprint density at radius 2 is 2.00 bits per heavy atom. The second kappa shape index (κ2) is 3.24. The minimum atomic E-state index is 0.526. The van der Waals surface area contributed by atoms with Crippen LogP contribution in [0.3, 0.4) is 0 Å². The van der Waals surface area contributed by atoms with Gasteiger partial charge in [0.25, 0.3) is 0 Å². The lowest BCUT2D eigenvalue weighted by atomic mass is 9.70. The highest BCUT2D eigenvalue weighted by atomic mass is 14.3. The zero-order valence-corrected chi connectivity index (χ0v) is 9.15. The van der Waals surface area contributed by atoms with Gasteiger partial charge in [-0.15, -0.1) is 0 Å². The molecule has 0 aromatic rings. The van der Waals surface area contributed by atoms with Crippen molar-refractivity contribution in [3.8, 4) is 0 Å². The monoisotopic (exact) mass is 166 g/mol. The maximum absolute atomic E-state index is 2.49. The molecule has 0 amide bonds. The topological polar surface area (TPSA) is 0 Å². The minimum absolute atomic E-state index is 0.526. The Hall–Kier alpha value is -0.260. The average Bonchev–Trinajstić information content (AvgIpc) is 1.94. The van der Waals surface area contributed by atoms with Crippen molar-refractivity contribution in [1.82, 2.24) is 0 Å². The highest BCUT2D eigenvalue weighted by Crippen LogP contribution is 2.40. The van der Waals surface area contributed by atoms with Gasteiger partial charge < -0.3 is 0 Å². The van der Waals surface area contributed by atoms with E-state index in [9.17, 15) is 0 Å². The Morgan fingerprint density at radius 1 is 1.42 bits per heavy atom. The third-order valence-electron chi connectivity index (χ3n) is 3.50. The molecule has 0 N–H and O–H groups in total. The van der Waals surface area contributed by atoms with Crippen molar-refractivity contribution in [3.05, 3.63) is 11.6 Å². The molecule has 0 heterocycles. The summed E-state index contributed by atoms with van der Waals surface area (Å²) in [6.45, 7) is 11.7. The summed E-state index contributed by atoms with van der Waals surface area (Å²) in [5.41, 5.74) is 2.19. The third-order valence-corrected chi connectivity index (χ3v) is 3.50. The molecule has 1 aliphatic rings. The number of rotatable bonds is 1. The molecule has 0 bridgehead atoms. The van der Waals surface area contributed by atoms with Crippen LogP contribution >= 0.6 is 0 Å². The smallest absolute Gasteiger partial charge is 0.0208 e. The SMILES string of the molecule is CC(C)C1=CC(C)C(C)(C)CC1. The van der Waals surface area contributed by atoms with Gasteiger partial charge in [-0.1, -0.05) is 46.3 Å². The summed E-state index contributed by atoms with van der Waals surface area (Å²) >= 11 is 0. The van der Waals surface area contributed by atoms with Gasteiger partial charge in [-0.25, -0.2) is 0 Å². The summed E-state index contributed by atoms with van der Waals surface area (Å²) < 4.78 is 0. The predicted molar refractivity (Wildman–Crippen MR) is 55.1 cm³/mol. The van der Waals surface area contributed by atoms with Gasteiger partial charge in [-0.3, -0.25) is 0 Å². The molecule has 0 saturated heterocycles. The maximum atomic E-state index is 2.49. The van der Waals surface area contributed by atoms with Crippen LogP contribution in [0.2, 0.25) is 0 Å². The van der Waals surface area contributed by atoms with E-state index in [1.807, 2.05) is 0 Å². The first-order valence-electron chi connectivity index (χ1n) is 5.14. The summed E-state index contributed by atoms with van der Waals surface area (Å²) in [5.74, 6) is 1.51. The van der Waals surface area contributed by atoms with Gasteiger partial charge >= 0.3 is 0 Å². The van der Waals surface area contributed by atoms with Crippen LogP contribution in [-0.2, 0) is 0 Å². The second-order valence-corrected chi connectivity index (χ2v) is 5.17. The molecule has 0 aromatic carbocycles. The molecular formula is C12H22. The van der Waals surface area contributed by atoms with Gasteiger partial charge in [0.05, 0.1) is 0 Å². The molecule has 0 saturated carbocycles. The minimum Gasteiger partial charge on any atom is -0.0817 e. The Morgan fingerprint density at radius 3 is 2.42 bits per heavy atom. The van der Waals surface area contributed by atoms with Gasteiger partial charge in [0.1, 0.15) is 0 Å². The molecule has 0 radical (unpaired) electrons. The zero-order valence-electron chi connectivity index (χ0n) is 9.15. The molecule has 0 aromatic heterocycles. The van der Waals surface area contributed by atoms with E-state index < -0.39 is 0 Å².